The van der Waals surface area contributed by atoms with Crippen LogP contribution in [0, 0.1) is 0 Å². The maximum absolute atomic E-state index is 13.2. The summed E-state index contributed by atoms with van der Waals surface area (Å²) in [5.74, 6) is -2.06. The first-order chi connectivity index (χ1) is 17.9. The van der Waals surface area contributed by atoms with E-state index < -0.39 is 30.0 Å². The molecule has 0 aromatic carbocycles. The molecular formula is C28H52ClN3O6. The number of unbranched alkanes of at least 4 members (excludes halogenated alkanes) is 10. The van der Waals surface area contributed by atoms with Gasteiger partial charge >= 0.3 is 11.9 Å². The quantitative estimate of drug-likeness (QED) is 0.0930. The molecule has 1 saturated heterocycles. The van der Waals surface area contributed by atoms with Crippen LogP contribution in [0.1, 0.15) is 122 Å². The fourth-order valence-electron chi connectivity index (χ4n) is 5.06. The molecule has 1 aliphatic heterocycles. The van der Waals surface area contributed by atoms with Crippen LogP contribution in [-0.4, -0.2) is 65.5 Å². The topological polar surface area (TPSA) is 139 Å². The predicted octanol–water partition coefficient (Wildman–Crippen LogP) is 4.73. The average Bonchev–Trinajstić information content (AvgIpc) is 2.86. The van der Waals surface area contributed by atoms with Crippen LogP contribution >= 0.6 is 12.4 Å². The van der Waals surface area contributed by atoms with Crippen molar-refractivity contribution in [3.05, 3.63) is 0 Å². The molecule has 0 aromatic rings. The smallest absolute Gasteiger partial charge is 0.329 e. The van der Waals surface area contributed by atoms with Crippen molar-refractivity contribution in [3.8, 4) is 0 Å². The highest BCUT2D eigenvalue weighted by molar-refractivity contribution is 5.85. The molecule has 2 atom stereocenters. The van der Waals surface area contributed by atoms with Gasteiger partial charge in [-0.15, -0.1) is 12.4 Å². The summed E-state index contributed by atoms with van der Waals surface area (Å²) in [6.45, 7) is 3.72. The highest BCUT2D eigenvalue weighted by Gasteiger charge is 2.33. The SMILES string of the molecule is CCCCCCCCCCCCC[C@@H](CC(N)=O)OC(=O)[C@H](CCCC(=O)O)N(C=O)C1CCNCC1.Cl. The number of rotatable bonds is 23. The normalized spacial score (nSPS) is 15.2. The summed E-state index contributed by atoms with van der Waals surface area (Å²) in [6.07, 6.45) is 15.5. The maximum atomic E-state index is 13.2. The van der Waals surface area contributed by atoms with Gasteiger partial charge in [-0.2, -0.15) is 0 Å². The third kappa shape index (κ3) is 16.9. The fraction of sp³-hybridized carbons (Fsp3) is 0.857. The van der Waals surface area contributed by atoms with Crippen LogP contribution < -0.4 is 11.1 Å². The fourth-order valence-corrected chi connectivity index (χ4v) is 5.06. The van der Waals surface area contributed by atoms with E-state index in [1.807, 2.05) is 0 Å². The molecule has 4 N–H and O–H groups in total. The number of carboxylic acid groups (broad SMARTS) is 1. The summed E-state index contributed by atoms with van der Waals surface area (Å²) >= 11 is 0. The van der Waals surface area contributed by atoms with Gasteiger partial charge in [0, 0.05) is 12.5 Å². The lowest BCUT2D eigenvalue weighted by Crippen LogP contribution is -2.51. The van der Waals surface area contributed by atoms with E-state index in [0.29, 0.717) is 25.7 Å². The van der Waals surface area contributed by atoms with Crippen molar-refractivity contribution in [1.82, 2.24) is 10.2 Å². The molecule has 1 aliphatic rings. The summed E-state index contributed by atoms with van der Waals surface area (Å²) in [4.78, 5) is 49.4. The molecule has 0 saturated carbocycles. The van der Waals surface area contributed by atoms with Gasteiger partial charge in [-0.25, -0.2) is 4.79 Å². The lowest BCUT2D eigenvalue weighted by Gasteiger charge is -2.37. The molecule has 10 heteroatoms. The summed E-state index contributed by atoms with van der Waals surface area (Å²) in [6, 6.07) is -0.977. The number of esters is 1. The number of carbonyl (C=O) groups is 4. The van der Waals surface area contributed by atoms with E-state index in [1.165, 1.54) is 56.3 Å². The summed E-state index contributed by atoms with van der Waals surface area (Å²) < 4.78 is 5.74. The van der Waals surface area contributed by atoms with E-state index in [9.17, 15) is 19.2 Å². The monoisotopic (exact) mass is 561 g/mol. The van der Waals surface area contributed by atoms with E-state index in [2.05, 4.69) is 12.2 Å². The van der Waals surface area contributed by atoms with Crippen LogP contribution in [0.2, 0.25) is 0 Å². The standard InChI is InChI=1S/C28H51N3O6.ClH/c1-2-3-4-5-6-7-8-9-10-11-12-14-24(21-26(29)33)37-28(36)25(15-13-16-27(34)35)31(22-32)23-17-19-30-20-18-23;/h22-25,30H,2-21H2,1H3,(H2,29,33)(H,34,35);1H/t24-,25-;/m0./s1. The van der Waals surface area contributed by atoms with Crippen molar-refractivity contribution in [1.29, 1.82) is 0 Å². The molecule has 1 heterocycles. The zero-order chi connectivity index (χ0) is 27.3. The van der Waals surface area contributed by atoms with Crippen molar-refractivity contribution in [3.63, 3.8) is 0 Å². The lowest BCUT2D eigenvalue weighted by molar-refractivity contribution is -0.161. The van der Waals surface area contributed by atoms with Crippen LogP contribution in [0.15, 0.2) is 0 Å². The van der Waals surface area contributed by atoms with Crippen molar-refractivity contribution >= 4 is 36.7 Å². The number of ether oxygens (including phenoxy) is 1. The van der Waals surface area contributed by atoms with Gasteiger partial charge < -0.3 is 25.8 Å². The van der Waals surface area contributed by atoms with E-state index in [4.69, 9.17) is 15.6 Å². The van der Waals surface area contributed by atoms with Crippen LogP contribution in [-0.2, 0) is 23.9 Å². The van der Waals surface area contributed by atoms with E-state index in [0.717, 1.165) is 32.4 Å². The van der Waals surface area contributed by atoms with Gasteiger partial charge in [0.1, 0.15) is 12.1 Å². The van der Waals surface area contributed by atoms with Gasteiger partial charge in [0.15, 0.2) is 0 Å². The van der Waals surface area contributed by atoms with Gasteiger partial charge in [-0.05, 0) is 51.6 Å². The second kappa shape index (κ2) is 23.1. The molecule has 222 valence electrons. The Morgan fingerprint density at radius 3 is 2.00 bits per heavy atom. The minimum Gasteiger partial charge on any atom is -0.481 e. The third-order valence-electron chi connectivity index (χ3n) is 7.19. The predicted molar refractivity (Wildman–Crippen MR) is 151 cm³/mol. The van der Waals surface area contributed by atoms with Crippen molar-refractivity contribution < 1.29 is 29.0 Å². The number of carboxylic acids is 1. The molecule has 2 amide bonds. The van der Waals surface area contributed by atoms with Gasteiger partial charge in [0.05, 0.1) is 6.42 Å². The number of carbonyl (C=O) groups excluding carboxylic acids is 3. The van der Waals surface area contributed by atoms with Crippen molar-refractivity contribution in [2.24, 2.45) is 5.73 Å². The van der Waals surface area contributed by atoms with E-state index in [1.54, 1.807) is 0 Å². The molecule has 1 fully saturated rings. The third-order valence-corrected chi connectivity index (χ3v) is 7.19. The zero-order valence-electron chi connectivity index (χ0n) is 23.4. The van der Waals surface area contributed by atoms with Gasteiger partial charge in [0.25, 0.3) is 0 Å². The summed E-state index contributed by atoms with van der Waals surface area (Å²) in [7, 11) is 0. The number of hydrogen-bond donors (Lipinski definition) is 3. The molecule has 0 bridgehead atoms. The van der Waals surface area contributed by atoms with Gasteiger partial charge in [-0.1, -0.05) is 71.1 Å². The Balaban J connectivity index is 0.0000137. The Morgan fingerprint density at radius 2 is 1.50 bits per heavy atom. The minimum absolute atomic E-state index is 0. The van der Waals surface area contributed by atoms with Crippen molar-refractivity contribution in [2.75, 3.05) is 13.1 Å². The van der Waals surface area contributed by atoms with E-state index in [-0.39, 0.29) is 44.1 Å². The largest absolute Gasteiger partial charge is 0.481 e. The molecule has 1 rings (SSSR count). The lowest BCUT2D eigenvalue weighted by atomic mass is 10.00. The first-order valence-corrected chi connectivity index (χ1v) is 14.5. The van der Waals surface area contributed by atoms with Crippen molar-refractivity contribution in [2.45, 2.75) is 141 Å². The highest BCUT2D eigenvalue weighted by atomic mass is 35.5. The molecule has 0 unspecified atom stereocenters. The van der Waals surface area contributed by atoms with Crippen LogP contribution in [0.25, 0.3) is 0 Å². The Labute approximate surface area is 235 Å². The number of nitrogens with two attached hydrogens (primary N) is 1. The molecule has 38 heavy (non-hydrogen) atoms. The number of amides is 2. The Bertz CT molecular complexity index is 661. The Morgan fingerprint density at radius 1 is 0.947 bits per heavy atom. The number of halogens is 1. The highest BCUT2D eigenvalue weighted by Crippen LogP contribution is 2.21. The first-order valence-electron chi connectivity index (χ1n) is 14.5. The summed E-state index contributed by atoms with van der Waals surface area (Å²) in [5, 5.41) is 12.3. The minimum atomic E-state index is -0.949. The van der Waals surface area contributed by atoms with Crippen LogP contribution in [0.3, 0.4) is 0 Å². The molecule has 0 radical (unpaired) electrons. The summed E-state index contributed by atoms with van der Waals surface area (Å²) in [5.41, 5.74) is 5.42. The van der Waals surface area contributed by atoms with Gasteiger partial charge in [-0.3, -0.25) is 14.4 Å². The zero-order valence-corrected chi connectivity index (χ0v) is 24.2. The number of nitrogens with zero attached hydrogens (tertiary/aromatic N) is 1. The van der Waals surface area contributed by atoms with E-state index >= 15 is 0 Å². The Kier molecular flexibility index (Phi) is 21.9. The number of nitrogens with one attached hydrogen (secondary N) is 1. The molecule has 0 spiro atoms. The number of piperidine rings is 1. The second-order valence-electron chi connectivity index (χ2n) is 10.4. The van der Waals surface area contributed by atoms with Crippen LogP contribution in [0.5, 0.6) is 0 Å². The average molecular weight is 562 g/mol. The number of hydrogen-bond acceptors (Lipinski definition) is 6. The molecular weight excluding hydrogens is 510 g/mol. The first kappa shape index (κ1) is 36.1. The number of primary amides is 1. The Hall–Kier alpha value is -1.87. The molecule has 9 nitrogen and oxygen atoms in total. The molecule has 0 aliphatic carbocycles. The molecule has 0 aromatic heterocycles. The number of aliphatic carboxylic acids is 1. The van der Waals surface area contributed by atoms with Crippen LogP contribution in [0.4, 0.5) is 0 Å². The second-order valence-corrected chi connectivity index (χ2v) is 10.4. The van der Waals surface area contributed by atoms with Gasteiger partial charge in [0.2, 0.25) is 12.3 Å². The maximum Gasteiger partial charge on any atom is 0.329 e.